The minimum absolute atomic E-state index is 0. The SMILES string of the molecule is O[C@H](c1c(C2CC2)ccn2cncc12)C1CCC(c2ccccc2)CC1.O[C@H](c1c(C2CC2)ccn2cncc12)C1CCC(c2ccccc2)CC1.S.S. The lowest BCUT2D eigenvalue weighted by atomic mass is 9.75. The van der Waals surface area contributed by atoms with Gasteiger partial charge in [-0.25, -0.2) is 9.97 Å². The van der Waals surface area contributed by atoms with E-state index in [1.807, 2.05) is 25.0 Å². The summed E-state index contributed by atoms with van der Waals surface area (Å²) < 4.78 is 4.11. The number of pyridine rings is 2. The van der Waals surface area contributed by atoms with Crippen LogP contribution in [0.25, 0.3) is 11.0 Å². The molecule has 4 saturated carbocycles. The summed E-state index contributed by atoms with van der Waals surface area (Å²) in [5.74, 6) is 3.28. The smallest absolute Gasteiger partial charge is 0.0992 e. The number of rotatable bonds is 8. The van der Waals surface area contributed by atoms with Crippen LogP contribution in [0.5, 0.6) is 0 Å². The quantitative estimate of drug-likeness (QED) is 0.162. The molecule has 6 nitrogen and oxygen atoms in total. The molecule has 0 aliphatic heterocycles. The van der Waals surface area contributed by atoms with Crippen molar-refractivity contribution in [2.45, 2.75) is 113 Å². The van der Waals surface area contributed by atoms with Crippen LogP contribution in [0.4, 0.5) is 0 Å². The van der Waals surface area contributed by atoms with Gasteiger partial charge in [0.2, 0.25) is 0 Å². The maximum atomic E-state index is 11.3. The lowest BCUT2D eigenvalue weighted by Crippen LogP contribution is -2.21. The van der Waals surface area contributed by atoms with E-state index in [9.17, 15) is 10.2 Å². The van der Waals surface area contributed by atoms with Gasteiger partial charge in [-0.05, 0) is 147 Å². The van der Waals surface area contributed by atoms with Crippen LogP contribution < -0.4 is 0 Å². The van der Waals surface area contributed by atoms with E-state index in [4.69, 9.17) is 0 Å². The molecule has 4 aromatic heterocycles. The van der Waals surface area contributed by atoms with Crippen LogP contribution in [0.2, 0.25) is 0 Å². The summed E-state index contributed by atoms with van der Waals surface area (Å²) in [5.41, 5.74) is 10.1. The van der Waals surface area contributed by atoms with Crippen molar-refractivity contribution in [1.82, 2.24) is 18.8 Å². The summed E-state index contributed by atoms with van der Waals surface area (Å²) in [6, 6.07) is 26.1. The number of aromatic nitrogens is 4. The summed E-state index contributed by atoms with van der Waals surface area (Å²) in [7, 11) is 0. The first-order valence-corrected chi connectivity index (χ1v) is 20.0. The van der Waals surface area contributed by atoms with Crippen LogP contribution >= 0.6 is 27.0 Å². The van der Waals surface area contributed by atoms with E-state index < -0.39 is 0 Å². The molecule has 0 unspecified atom stereocenters. The Morgan fingerprint density at radius 1 is 0.463 bits per heavy atom. The third-order valence-electron chi connectivity index (χ3n) is 12.9. The molecule has 0 spiro atoms. The average molecular weight is 761 g/mol. The van der Waals surface area contributed by atoms with Gasteiger partial charge in [-0.2, -0.15) is 27.0 Å². The van der Waals surface area contributed by atoms with Gasteiger partial charge in [0, 0.05) is 23.5 Å². The zero-order chi connectivity index (χ0) is 35.0. The number of nitrogens with zero attached hydrogens (tertiary/aromatic N) is 4. The zero-order valence-corrected chi connectivity index (χ0v) is 33.2. The first-order chi connectivity index (χ1) is 25.6. The van der Waals surface area contributed by atoms with Gasteiger partial charge in [-0.1, -0.05) is 60.7 Å². The van der Waals surface area contributed by atoms with E-state index in [1.54, 1.807) is 0 Å². The first-order valence-electron chi connectivity index (χ1n) is 20.0. The fourth-order valence-corrected chi connectivity index (χ4v) is 9.66. The molecule has 4 aliphatic carbocycles. The highest BCUT2D eigenvalue weighted by atomic mass is 32.1. The van der Waals surface area contributed by atoms with Crippen LogP contribution in [0.15, 0.2) is 110 Å². The minimum atomic E-state index is -0.372. The Balaban J connectivity index is 0.000000161. The Hall–Kier alpha value is -3.56. The van der Waals surface area contributed by atoms with Crippen LogP contribution in [0.1, 0.15) is 146 Å². The van der Waals surface area contributed by atoms with Crippen LogP contribution in [0.3, 0.4) is 0 Å². The van der Waals surface area contributed by atoms with E-state index >= 15 is 0 Å². The second kappa shape index (κ2) is 17.1. The predicted molar refractivity (Wildman–Crippen MR) is 227 cm³/mol. The zero-order valence-electron chi connectivity index (χ0n) is 31.2. The molecular weight excluding hydrogens is 705 g/mol. The average Bonchev–Trinajstić information content (AvgIpc) is 4.14. The standard InChI is InChI=1S/2C23H26N2O.2H2S/c2*26-23(19-10-6-17(7-11-19)16-4-2-1-3-5-16)22-20(18-8-9-18)12-13-25-15-24-14-21(22)25;;/h2*1-5,12-15,17-19,23,26H,6-11H2;2*1H2/t2*17?,19?,23-;;/m00../s1. The molecule has 0 saturated heterocycles. The van der Waals surface area contributed by atoms with Crippen molar-refractivity contribution in [1.29, 1.82) is 0 Å². The second-order valence-corrected chi connectivity index (χ2v) is 16.2. The number of hydrogen-bond donors (Lipinski definition) is 2. The molecule has 4 fully saturated rings. The molecule has 0 radical (unpaired) electrons. The van der Waals surface area contributed by atoms with Crippen molar-refractivity contribution < 1.29 is 10.2 Å². The molecule has 54 heavy (non-hydrogen) atoms. The molecule has 6 aromatic rings. The number of aliphatic hydroxyl groups excluding tert-OH is 2. The molecule has 8 heteroatoms. The lowest BCUT2D eigenvalue weighted by molar-refractivity contribution is 0.0808. The molecule has 4 heterocycles. The van der Waals surface area contributed by atoms with Gasteiger partial charge in [0.1, 0.15) is 0 Å². The van der Waals surface area contributed by atoms with Crippen molar-refractivity contribution >= 4 is 38.0 Å². The molecule has 0 bridgehead atoms. The monoisotopic (exact) mass is 760 g/mol. The molecule has 10 rings (SSSR count). The van der Waals surface area contributed by atoms with Gasteiger partial charge in [0.25, 0.3) is 0 Å². The van der Waals surface area contributed by atoms with Crippen LogP contribution in [-0.4, -0.2) is 29.0 Å². The summed E-state index contributed by atoms with van der Waals surface area (Å²) in [6.07, 6.45) is 25.1. The van der Waals surface area contributed by atoms with Gasteiger partial charge >= 0.3 is 0 Å². The summed E-state index contributed by atoms with van der Waals surface area (Å²) in [4.78, 5) is 8.63. The molecule has 2 aromatic carbocycles. The van der Waals surface area contributed by atoms with Crippen molar-refractivity contribution in [3.8, 4) is 0 Å². The van der Waals surface area contributed by atoms with Gasteiger partial charge in [-0.15, -0.1) is 0 Å². The minimum Gasteiger partial charge on any atom is -0.388 e. The molecule has 0 amide bonds. The molecule has 284 valence electrons. The normalized spacial score (nSPS) is 23.7. The number of aliphatic hydroxyl groups is 2. The Kier molecular flexibility index (Phi) is 12.2. The van der Waals surface area contributed by atoms with E-state index in [0.29, 0.717) is 35.5 Å². The van der Waals surface area contributed by atoms with Crippen molar-refractivity contribution in [2.24, 2.45) is 11.8 Å². The van der Waals surface area contributed by atoms with Gasteiger partial charge in [0.15, 0.2) is 0 Å². The fourth-order valence-electron chi connectivity index (χ4n) is 9.66. The topological polar surface area (TPSA) is 75.1 Å². The highest BCUT2D eigenvalue weighted by Gasteiger charge is 2.36. The third kappa shape index (κ3) is 8.04. The Morgan fingerprint density at radius 2 is 0.815 bits per heavy atom. The third-order valence-corrected chi connectivity index (χ3v) is 12.9. The first kappa shape index (κ1) is 38.7. The van der Waals surface area contributed by atoms with Crippen LogP contribution in [0, 0.1) is 11.8 Å². The Bertz CT molecular complexity index is 1940. The highest BCUT2D eigenvalue weighted by molar-refractivity contribution is 7.59. The molecule has 2 N–H and O–H groups in total. The van der Waals surface area contributed by atoms with E-state index in [1.165, 1.54) is 73.6 Å². The van der Waals surface area contributed by atoms with E-state index in [0.717, 1.165) is 47.8 Å². The van der Waals surface area contributed by atoms with Gasteiger partial charge < -0.3 is 19.0 Å². The fraction of sp³-hybridized carbons (Fsp3) is 0.435. The van der Waals surface area contributed by atoms with Crippen molar-refractivity contribution in [2.75, 3.05) is 0 Å². The maximum absolute atomic E-state index is 11.3. The Labute approximate surface area is 334 Å². The Morgan fingerprint density at radius 3 is 1.17 bits per heavy atom. The summed E-state index contributed by atoms with van der Waals surface area (Å²) >= 11 is 0. The largest absolute Gasteiger partial charge is 0.388 e. The lowest BCUT2D eigenvalue weighted by Gasteiger charge is -2.33. The van der Waals surface area contributed by atoms with E-state index in [2.05, 4.69) is 104 Å². The maximum Gasteiger partial charge on any atom is 0.0992 e. The predicted octanol–water partition coefficient (Wildman–Crippen LogP) is 10.7. The van der Waals surface area contributed by atoms with Gasteiger partial charge in [-0.3, -0.25) is 0 Å². The summed E-state index contributed by atoms with van der Waals surface area (Å²) in [5, 5.41) is 22.7. The van der Waals surface area contributed by atoms with E-state index in [-0.39, 0.29) is 39.2 Å². The molecule has 2 atom stereocenters. The van der Waals surface area contributed by atoms with Crippen molar-refractivity contribution in [3.63, 3.8) is 0 Å². The van der Waals surface area contributed by atoms with Gasteiger partial charge in [0.05, 0.1) is 48.3 Å². The van der Waals surface area contributed by atoms with Crippen molar-refractivity contribution in [3.05, 3.63) is 144 Å². The number of hydrogen-bond acceptors (Lipinski definition) is 4. The highest BCUT2D eigenvalue weighted by Crippen LogP contribution is 2.49. The molecule has 4 aliphatic rings. The second-order valence-electron chi connectivity index (χ2n) is 16.2. The van der Waals surface area contributed by atoms with Crippen LogP contribution in [-0.2, 0) is 0 Å². The number of imidazole rings is 2. The summed E-state index contributed by atoms with van der Waals surface area (Å²) in [6.45, 7) is 0. The number of fused-ring (bicyclic) bond motifs is 2. The number of benzene rings is 2. The molecular formula is C46H56N4O2S2.